The fraction of sp³-hybridized carbons (Fsp3) is 0.474. The number of thiazole rings is 1. The second kappa shape index (κ2) is 8.06. The Morgan fingerprint density at radius 2 is 2.23 bits per heavy atom. The van der Waals surface area contributed by atoms with Gasteiger partial charge in [-0.15, -0.1) is 11.3 Å². The van der Waals surface area contributed by atoms with Gasteiger partial charge in [-0.1, -0.05) is 12.1 Å². The molecule has 0 radical (unpaired) electrons. The van der Waals surface area contributed by atoms with E-state index in [-0.39, 0.29) is 23.9 Å². The number of nitrogens with zero attached hydrogens (tertiary/aromatic N) is 2. The Morgan fingerprint density at radius 3 is 2.96 bits per heavy atom. The van der Waals surface area contributed by atoms with Crippen LogP contribution in [0.3, 0.4) is 0 Å². The van der Waals surface area contributed by atoms with Gasteiger partial charge in [0.2, 0.25) is 0 Å². The summed E-state index contributed by atoms with van der Waals surface area (Å²) in [5.74, 6) is 1.73. The molecule has 2 atom stereocenters. The van der Waals surface area contributed by atoms with Crippen molar-refractivity contribution in [3.05, 3.63) is 41.2 Å². The Morgan fingerprint density at radius 1 is 1.35 bits per heavy atom. The fourth-order valence-electron chi connectivity index (χ4n) is 3.45. The van der Waals surface area contributed by atoms with E-state index in [0.29, 0.717) is 22.0 Å². The van der Waals surface area contributed by atoms with E-state index < -0.39 is 0 Å². The molecule has 0 spiro atoms. The SMILES string of the molecule is O=C(c1cnc(-c2ccccc2F)s1)N(C[C@H]1CCCO1)[C@@H]1CCSC1. The molecule has 4 nitrogen and oxygen atoms in total. The van der Waals surface area contributed by atoms with Gasteiger partial charge in [-0.25, -0.2) is 9.37 Å². The Kier molecular flexibility index (Phi) is 5.57. The monoisotopic (exact) mass is 392 g/mol. The van der Waals surface area contributed by atoms with Gasteiger partial charge in [0.1, 0.15) is 15.7 Å². The van der Waals surface area contributed by atoms with Crippen LogP contribution in [0.5, 0.6) is 0 Å². The maximum absolute atomic E-state index is 14.0. The first-order valence-electron chi connectivity index (χ1n) is 8.93. The number of aromatic nitrogens is 1. The van der Waals surface area contributed by atoms with Crippen molar-refractivity contribution in [1.82, 2.24) is 9.88 Å². The van der Waals surface area contributed by atoms with Crippen molar-refractivity contribution in [3.8, 4) is 10.6 Å². The minimum Gasteiger partial charge on any atom is -0.376 e. The van der Waals surface area contributed by atoms with Gasteiger partial charge in [-0.3, -0.25) is 4.79 Å². The molecule has 1 aromatic heterocycles. The molecular weight excluding hydrogens is 371 g/mol. The largest absolute Gasteiger partial charge is 0.376 e. The molecule has 0 aliphatic carbocycles. The van der Waals surface area contributed by atoms with Crippen LogP contribution in [0.4, 0.5) is 4.39 Å². The summed E-state index contributed by atoms with van der Waals surface area (Å²) in [4.78, 5) is 20.0. The number of benzene rings is 1. The van der Waals surface area contributed by atoms with Gasteiger partial charge in [0.15, 0.2) is 0 Å². The second-order valence-corrected chi connectivity index (χ2v) is 8.80. The van der Waals surface area contributed by atoms with E-state index in [4.69, 9.17) is 4.74 Å². The van der Waals surface area contributed by atoms with Crippen LogP contribution in [0, 0.1) is 5.82 Å². The molecule has 1 aromatic carbocycles. The first-order valence-corrected chi connectivity index (χ1v) is 10.9. The summed E-state index contributed by atoms with van der Waals surface area (Å²) in [6.45, 7) is 1.42. The molecule has 2 fully saturated rings. The molecule has 26 heavy (non-hydrogen) atoms. The Hall–Kier alpha value is -1.44. The van der Waals surface area contributed by atoms with E-state index >= 15 is 0 Å². The molecule has 0 saturated carbocycles. The third kappa shape index (κ3) is 3.80. The molecular formula is C19H21FN2O2S2. The lowest BCUT2D eigenvalue weighted by molar-refractivity contribution is 0.0445. The highest BCUT2D eigenvalue weighted by Gasteiger charge is 2.32. The molecule has 138 valence electrons. The number of hydrogen-bond donors (Lipinski definition) is 0. The predicted molar refractivity (Wildman–Crippen MR) is 103 cm³/mol. The molecule has 4 rings (SSSR count). The molecule has 2 saturated heterocycles. The molecule has 2 aliphatic heterocycles. The number of carbonyl (C=O) groups excluding carboxylic acids is 1. The minimum atomic E-state index is -0.316. The maximum atomic E-state index is 14.0. The molecule has 3 heterocycles. The van der Waals surface area contributed by atoms with Crippen molar-refractivity contribution >= 4 is 29.0 Å². The molecule has 1 amide bonds. The second-order valence-electron chi connectivity index (χ2n) is 6.62. The van der Waals surface area contributed by atoms with Crippen LogP contribution in [0.1, 0.15) is 28.9 Å². The number of carbonyl (C=O) groups is 1. The van der Waals surface area contributed by atoms with Crippen molar-refractivity contribution < 1.29 is 13.9 Å². The van der Waals surface area contributed by atoms with E-state index in [2.05, 4.69) is 4.98 Å². The molecule has 0 unspecified atom stereocenters. The van der Waals surface area contributed by atoms with E-state index in [1.54, 1.807) is 24.4 Å². The summed E-state index contributed by atoms with van der Waals surface area (Å²) in [5, 5.41) is 0.546. The van der Waals surface area contributed by atoms with Crippen LogP contribution in [0.2, 0.25) is 0 Å². The van der Waals surface area contributed by atoms with Gasteiger partial charge >= 0.3 is 0 Å². The van der Waals surface area contributed by atoms with Crippen molar-refractivity contribution in [2.24, 2.45) is 0 Å². The van der Waals surface area contributed by atoms with Crippen molar-refractivity contribution in [2.75, 3.05) is 24.7 Å². The van der Waals surface area contributed by atoms with Crippen LogP contribution >= 0.6 is 23.1 Å². The van der Waals surface area contributed by atoms with Crippen LogP contribution in [0.25, 0.3) is 10.6 Å². The topological polar surface area (TPSA) is 42.4 Å². The van der Waals surface area contributed by atoms with Gasteiger partial charge in [0.05, 0.1) is 12.3 Å². The zero-order valence-electron chi connectivity index (χ0n) is 14.4. The van der Waals surface area contributed by atoms with Gasteiger partial charge < -0.3 is 9.64 Å². The lowest BCUT2D eigenvalue weighted by Crippen LogP contribution is -2.44. The minimum absolute atomic E-state index is 0.00640. The normalized spacial score (nSPS) is 22.7. The van der Waals surface area contributed by atoms with Crippen molar-refractivity contribution in [3.63, 3.8) is 0 Å². The molecule has 7 heteroatoms. The highest BCUT2D eigenvalue weighted by Crippen LogP contribution is 2.30. The van der Waals surface area contributed by atoms with Gasteiger partial charge in [0.25, 0.3) is 5.91 Å². The number of amides is 1. The van der Waals surface area contributed by atoms with E-state index in [9.17, 15) is 9.18 Å². The first kappa shape index (κ1) is 17.9. The summed E-state index contributed by atoms with van der Waals surface area (Å²) in [5.41, 5.74) is 0.443. The Labute approximate surface area is 160 Å². The highest BCUT2D eigenvalue weighted by atomic mass is 32.2. The highest BCUT2D eigenvalue weighted by molar-refractivity contribution is 7.99. The molecule has 0 bridgehead atoms. The van der Waals surface area contributed by atoms with E-state index in [0.717, 1.165) is 37.4 Å². The molecule has 2 aromatic rings. The van der Waals surface area contributed by atoms with Crippen molar-refractivity contribution in [2.45, 2.75) is 31.4 Å². The smallest absolute Gasteiger partial charge is 0.265 e. The van der Waals surface area contributed by atoms with E-state index in [1.807, 2.05) is 16.7 Å². The van der Waals surface area contributed by atoms with Crippen LogP contribution in [-0.2, 0) is 4.74 Å². The van der Waals surface area contributed by atoms with Crippen LogP contribution < -0.4 is 0 Å². The number of halogens is 1. The van der Waals surface area contributed by atoms with Gasteiger partial charge in [0, 0.05) is 30.5 Å². The van der Waals surface area contributed by atoms with Gasteiger partial charge in [-0.2, -0.15) is 11.8 Å². The number of thioether (sulfide) groups is 1. The third-order valence-corrected chi connectivity index (χ3v) is 7.02. The van der Waals surface area contributed by atoms with Crippen molar-refractivity contribution in [1.29, 1.82) is 0 Å². The van der Waals surface area contributed by atoms with Crippen LogP contribution in [-0.4, -0.2) is 52.6 Å². The zero-order chi connectivity index (χ0) is 17.9. The fourth-order valence-corrected chi connectivity index (χ4v) is 5.57. The molecule has 0 N–H and O–H groups in total. The molecule has 2 aliphatic rings. The summed E-state index contributed by atoms with van der Waals surface area (Å²) in [6, 6.07) is 6.79. The van der Waals surface area contributed by atoms with Crippen LogP contribution in [0.15, 0.2) is 30.5 Å². The standard InChI is InChI=1S/C19H21FN2O2S2/c20-16-6-2-1-5-15(16)18-21-10-17(26-18)19(23)22(13-7-9-25-12-13)11-14-4-3-8-24-14/h1-2,5-6,10,13-14H,3-4,7-9,11-12H2/t13-,14-/m1/s1. The Balaban J connectivity index is 1.56. The first-order chi connectivity index (χ1) is 12.7. The summed E-state index contributed by atoms with van der Waals surface area (Å²) >= 11 is 3.15. The average molecular weight is 393 g/mol. The number of rotatable bonds is 5. The number of ether oxygens (including phenoxy) is 1. The lowest BCUT2D eigenvalue weighted by Gasteiger charge is -2.30. The summed E-state index contributed by atoms with van der Waals surface area (Å²) in [7, 11) is 0. The average Bonchev–Trinajstić information content (AvgIpc) is 3.41. The van der Waals surface area contributed by atoms with Gasteiger partial charge in [-0.05, 0) is 37.1 Å². The quantitative estimate of drug-likeness (QED) is 0.769. The maximum Gasteiger partial charge on any atom is 0.265 e. The predicted octanol–water partition coefficient (Wildman–Crippen LogP) is 4.08. The Bertz CT molecular complexity index is 770. The summed E-state index contributed by atoms with van der Waals surface area (Å²) in [6.07, 6.45) is 4.79. The summed E-state index contributed by atoms with van der Waals surface area (Å²) < 4.78 is 19.8. The van der Waals surface area contributed by atoms with E-state index in [1.165, 1.54) is 17.4 Å². The lowest BCUT2D eigenvalue weighted by atomic mass is 10.1. The number of hydrogen-bond acceptors (Lipinski definition) is 5. The zero-order valence-corrected chi connectivity index (χ0v) is 16.0. The third-order valence-electron chi connectivity index (χ3n) is 4.85.